The van der Waals surface area contributed by atoms with Gasteiger partial charge in [0.25, 0.3) is 0 Å². The van der Waals surface area contributed by atoms with Gasteiger partial charge < -0.3 is 10.2 Å². The number of amides is 1. The van der Waals surface area contributed by atoms with Gasteiger partial charge in [0, 0.05) is 38.3 Å². The van der Waals surface area contributed by atoms with E-state index >= 15 is 0 Å². The molecule has 4 nitrogen and oxygen atoms in total. The molecule has 0 radical (unpaired) electrons. The quantitative estimate of drug-likeness (QED) is 0.803. The van der Waals surface area contributed by atoms with E-state index in [2.05, 4.69) is 58.7 Å². The Morgan fingerprint density at radius 1 is 0.893 bits per heavy atom. The third-order valence-electron chi connectivity index (χ3n) is 6.25. The van der Waals surface area contributed by atoms with Gasteiger partial charge in [-0.15, -0.1) is 0 Å². The summed E-state index contributed by atoms with van der Waals surface area (Å²) in [5.41, 5.74) is 2.49. The average Bonchev–Trinajstić information content (AvgIpc) is 3.06. The summed E-state index contributed by atoms with van der Waals surface area (Å²) >= 11 is 0. The van der Waals surface area contributed by atoms with Crippen LogP contribution in [0, 0.1) is 0 Å². The second kappa shape index (κ2) is 8.89. The Morgan fingerprint density at radius 3 is 1.89 bits per heavy atom. The molecule has 1 N–H and O–H groups in total. The van der Waals surface area contributed by atoms with Crippen LogP contribution in [0.15, 0.2) is 60.7 Å². The van der Waals surface area contributed by atoms with Crippen LogP contribution in [0.3, 0.4) is 0 Å². The Balaban J connectivity index is 1.42. The zero-order chi connectivity index (χ0) is 19.3. The van der Waals surface area contributed by atoms with Crippen molar-refractivity contribution in [1.82, 2.24) is 15.1 Å². The van der Waals surface area contributed by atoms with Crippen LogP contribution in [-0.4, -0.2) is 47.4 Å². The van der Waals surface area contributed by atoms with Gasteiger partial charge in [-0.25, -0.2) is 0 Å². The van der Waals surface area contributed by atoms with Crippen molar-refractivity contribution in [3.63, 3.8) is 0 Å². The average molecular weight is 378 g/mol. The number of likely N-dealkylation sites (N-methyl/N-ethyl adjacent to an activating group) is 1. The molecule has 0 aromatic heterocycles. The van der Waals surface area contributed by atoms with E-state index in [1.807, 2.05) is 24.1 Å². The molecule has 0 saturated carbocycles. The van der Waals surface area contributed by atoms with E-state index in [4.69, 9.17) is 0 Å². The molecule has 0 aliphatic carbocycles. The molecule has 4 rings (SSSR count). The number of nitrogens with one attached hydrogen (secondary N) is 1. The molecule has 2 saturated heterocycles. The summed E-state index contributed by atoms with van der Waals surface area (Å²) in [4.78, 5) is 17.4. The van der Waals surface area contributed by atoms with E-state index in [1.54, 1.807) is 0 Å². The number of piperidine rings is 1. The maximum Gasteiger partial charge on any atom is 0.236 e. The number of rotatable bonds is 7. The van der Waals surface area contributed by atoms with E-state index in [0.29, 0.717) is 24.7 Å². The van der Waals surface area contributed by atoms with Gasteiger partial charge in [0.15, 0.2) is 0 Å². The molecule has 2 aliphatic rings. The first kappa shape index (κ1) is 19.2. The molecule has 4 heteroatoms. The Kier molecular flexibility index (Phi) is 6.08. The normalized spacial score (nSPS) is 23.7. The molecule has 148 valence electrons. The smallest absolute Gasteiger partial charge is 0.236 e. The lowest BCUT2D eigenvalue weighted by atomic mass is 9.98. The molecular formula is C24H31N3O. The van der Waals surface area contributed by atoms with Crippen molar-refractivity contribution in [2.75, 3.05) is 13.6 Å². The summed E-state index contributed by atoms with van der Waals surface area (Å²) < 4.78 is 0. The minimum absolute atomic E-state index is 0.234. The van der Waals surface area contributed by atoms with Crippen molar-refractivity contribution in [3.05, 3.63) is 71.8 Å². The fraction of sp³-hybridized carbons (Fsp3) is 0.458. The topological polar surface area (TPSA) is 35.6 Å². The van der Waals surface area contributed by atoms with Gasteiger partial charge in [-0.3, -0.25) is 9.69 Å². The van der Waals surface area contributed by atoms with Crippen molar-refractivity contribution in [2.45, 2.75) is 56.9 Å². The third kappa shape index (κ3) is 4.81. The van der Waals surface area contributed by atoms with Crippen molar-refractivity contribution in [1.29, 1.82) is 0 Å². The van der Waals surface area contributed by atoms with Gasteiger partial charge in [-0.1, -0.05) is 60.7 Å². The van der Waals surface area contributed by atoms with Gasteiger partial charge in [-0.2, -0.15) is 0 Å². The zero-order valence-corrected chi connectivity index (χ0v) is 16.8. The Bertz CT molecular complexity index is 710. The van der Waals surface area contributed by atoms with Crippen LogP contribution in [0.4, 0.5) is 0 Å². The van der Waals surface area contributed by atoms with E-state index in [0.717, 1.165) is 25.9 Å². The number of hydrogen-bond acceptors (Lipinski definition) is 3. The van der Waals surface area contributed by atoms with Crippen molar-refractivity contribution in [2.24, 2.45) is 0 Å². The van der Waals surface area contributed by atoms with E-state index in [9.17, 15) is 4.79 Å². The lowest BCUT2D eigenvalue weighted by molar-refractivity contribution is -0.134. The standard InChI is InChI=1S/C24H31N3O/c1-26(23-14-21-12-13-22(15-23)25-21)24(28)18-27(16-19-8-4-2-5-9-19)17-20-10-6-3-7-11-20/h2-11,21-23,25H,12-18H2,1H3. The lowest BCUT2D eigenvalue weighted by Crippen LogP contribution is -2.50. The van der Waals surface area contributed by atoms with Gasteiger partial charge in [-0.05, 0) is 36.8 Å². The van der Waals surface area contributed by atoms with Crippen molar-refractivity contribution in [3.8, 4) is 0 Å². The highest BCUT2D eigenvalue weighted by Crippen LogP contribution is 2.29. The fourth-order valence-electron chi connectivity index (χ4n) is 4.70. The van der Waals surface area contributed by atoms with Gasteiger partial charge in [0.05, 0.1) is 6.54 Å². The molecule has 2 bridgehead atoms. The van der Waals surface area contributed by atoms with Crippen molar-refractivity contribution >= 4 is 5.91 Å². The number of benzene rings is 2. The first-order valence-electron chi connectivity index (χ1n) is 10.5. The summed E-state index contributed by atoms with van der Waals surface area (Å²) in [7, 11) is 2.00. The molecule has 2 heterocycles. The SMILES string of the molecule is CN(C(=O)CN(Cc1ccccc1)Cc1ccccc1)C1CC2CCC(C1)N2. The molecule has 2 aliphatic heterocycles. The van der Waals surface area contributed by atoms with Crippen LogP contribution < -0.4 is 5.32 Å². The summed E-state index contributed by atoms with van der Waals surface area (Å²) in [6.07, 6.45) is 4.71. The molecule has 2 fully saturated rings. The number of fused-ring (bicyclic) bond motifs is 2. The highest BCUT2D eigenvalue weighted by atomic mass is 16.2. The lowest BCUT2D eigenvalue weighted by Gasteiger charge is -2.36. The zero-order valence-electron chi connectivity index (χ0n) is 16.8. The fourth-order valence-corrected chi connectivity index (χ4v) is 4.70. The number of carbonyl (C=O) groups excluding carboxylic acids is 1. The van der Waals surface area contributed by atoms with Crippen LogP contribution >= 0.6 is 0 Å². The number of carbonyl (C=O) groups is 1. The minimum atomic E-state index is 0.234. The largest absolute Gasteiger partial charge is 0.342 e. The first-order valence-corrected chi connectivity index (χ1v) is 10.5. The first-order chi connectivity index (χ1) is 13.7. The second-order valence-corrected chi connectivity index (χ2v) is 8.38. The van der Waals surface area contributed by atoms with Crippen molar-refractivity contribution < 1.29 is 4.79 Å². The Labute approximate surface area is 168 Å². The summed E-state index contributed by atoms with van der Waals surface area (Å²) in [5, 5.41) is 3.67. The maximum absolute atomic E-state index is 13.1. The maximum atomic E-state index is 13.1. The van der Waals surface area contributed by atoms with Crippen LogP contribution in [0.1, 0.15) is 36.8 Å². The predicted molar refractivity (Wildman–Crippen MR) is 113 cm³/mol. The summed E-state index contributed by atoms with van der Waals surface area (Å²) in [6, 6.07) is 22.5. The van der Waals surface area contributed by atoms with Crippen LogP contribution in [-0.2, 0) is 17.9 Å². The van der Waals surface area contributed by atoms with Crippen LogP contribution in [0.5, 0.6) is 0 Å². The molecule has 1 amide bonds. The summed E-state index contributed by atoms with van der Waals surface area (Å²) in [5.74, 6) is 0.234. The highest BCUT2D eigenvalue weighted by molar-refractivity contribution is 5.78. The molecule has 2 unspecified atom stereocenters. The Hall–Kier alpha value is -2.17. The predicted octanol–water partition coefficient (Wildman–Crippen LogP) is 3.43. The molecule has 28 heavy (non-hydrogen) atoms. The summed E-state index contributed by atoms with van der Waals surface area (Å²) in [6.45, 7) is 2.03. The number of nitrogens with zero attached hydrogens (tertiary/aromatic N) is 2. The van der Waals surface area contributed by atoms with Crippen LogP contribution in [0.25, 0.3) is 0 Å². The molecule has 2 aromatic carbocycles. The molecule has 2 aromatic rings. The van der Waals surface area contributed by atoms with Gasteiger partial charge in [0.2, 0.25) is 5.91 Å². The minimum Gasteiger partial charge on any atom is -0.342 e. The highest BCUT2D eigenvalue weighted by Gasteiger charge is 2.36. The molecule has 0 spiro atoms. The molecule has 2 atom stereocenters. The monoisotopic (exact) mass is 377 g/mol. The van der Waals surface area contributed by atoms with E-state index < -0.39 is 0 Å². The second-order valence-electron chi connectivity index (χ2n) is 8.38. The third-order valence-corrected chi connectivity index (χ3v) is 6.25. The number of hydrogen-bond donors (Lipinski definition) is 1. The molecular weight excluding hydrogens is 346 g/mol. The van der Waals surface area contributed by atoms with E-state index in [1.165, 1.54) is 24.0 Å². The van der Waals surface area contributed by atoms with Gasteiger partial charge >= 0.3 is 0 Å². The van der Waals surface area contributed by atoms with Gasteiger partial charge in [0.1, 0.15) is 0 Å². The Morgan fingerprint density at radius 2 is 1.39 bits per heavy atom. The van der Waals surface area contributed by atoms with E-state index in [-0.39, 0.29) is 5.91 Å². The van der Waals surface area contributed by atoms with Crippen LogP contribution in [0.2, 0.25) is 0 Å².